The van der Waals surface area contributed by atoms with Crippen LogP contribution in [0.3, 0.4) is 0 Å². The quantitative estimate of drug-likeness (QED) is 0.236. The van der Waals surface area contributed by atoms with Gasteiger partial charge in [0.25, 0.3) is 0 Å². The zero-order valence-corrected chi connectivity index (χ0v) is 14.6. The minimum absolute atomic E-state index is 0.111. The molecule has 0 nitrogen and oxygen atoms in total. The van der Waals surface area contributed by atoms with Crippen LogP contribution in [0.1, 0.15) is 0 Å². The Balaban J connectivity index is 2.93. The number of halogens is 10. The van der Waals surface area contributed by atoms with Crippen molar-refractivity contribution in [3.63, 3.8) is 0 Å². The van der Waals surface area contributed by atoms with E-state index in [0.29, 0.717) is 0 Å². The molecule has 0 N–H and O–H groups in total. The first-order valence-corrected chi connectivity index (χ1v) is 7.78. The number of hydrogen-bond acceptors (Lipinski definition) is 0. The zero-order chi connectivity index (χ0) is 19.2. The predicted octanol–water partition coefficient (Wildman–Crippen LogP) is 2.20. The van der Waals surface area contributed by atoms with Crippen LogP contribution in [0.5, 0.6) is 0 Å². The molecule has 0 radical (unpaired) electrons. The van der Waals surface area contributed by atoms with E-state index in [2.05, 4.69) is 0 Å². The third-order valence-electron chi connectivity index (χ3n) is 3.47. The standard InChI is InChI=1S/C13HBF10.W.H/c1-14(2-4(15)8(19)12(23)9(20)5(2)16)3-6(17)10(21)13(24)11(22)7(3)18;;/h14H;;/q-1;;. The summed E-state index contributed by atoms with van der Waals surface area (Å²) in [4.78, 5) is 0. The molecule has 0 amide bonds. The minimum atomic E-state index is -3.55. The molecule has 0 unspecified atom stereocenters. The Hall–Kier alpha value is -1.73. The maximum absolute atomic E-state index is 13.8. The molecule has 0 spiro atoms. The van der Waals surface area contributed by atoms with Crippen molar-refractivity contribution in [3.8, 4) is 4.10 Å². The van der Waals surface area contributed by atoms with E-state index in [1.54, 1.807) is 0 Å². The number of benzene rings is 2. The van der Waals surface area contributed by atoms with E-state index in [4.69, 9.17) is 0 Å². The molecule has 0 heterocycles. The second-order valence-electron chi connectivity index (χ2n) is 4.79. The van der Waals surface area contributed by atoms with Crippen LogP contribution >= 0.6 is 0 Å². The first-order valence-electron chi connectivity index (χ1n) is 6.17. The van der Waals surface area contributed by atoms with Crippen LogP contribution in [0.2, 0.25) is 0 Å². The molecule has 2 aromatic carbocycles. The summed E-state index contributed by atoms with van der Waals surface area (Å²) in [6, 6.07) is 0. The van der Waals surface area contributed by atoms with Crippen LogP contribution < -0.4 is 10.9 Å². The summed E-state index contributed by atoms with van der Waals surface area (Å²) >= 11 is -0.111. The van der Waals surface area contributed by atoms with Gasteiger partial charge in [-0.15, -0.1) is 0 Å². The summed E-state index contributed by atoms with van der Waals surface area (Å²) in [5, 5.41) is 0. The van der Waals surface area contributed by atoms with Crippen molar-refractivity contribution < 1.29 is 63.1 Å². The average molecular weight is 543 g/mol. The maximum atomic E-state index is 13.8. The van der Waals surface area contributed by atoms with E-state index in [9.17, 15) is 43.9 Å². The van der Waals surface area contributed by atoms with E-state index in [1.165, 1.54) is 0 Å². The van der Waals surface area contributed by atoms with Gasteiger partial charge in [0.1, 0.15) is 0 Å². The van der Waals surface area contributed by atoms with Crippen molar-refractivity contribution in [2.24, 2.45) is 0 Å². The molecule has 0 saturated carbocycles. The van der Waals surface area contributed by atoms with Crippen LogP contribution in [0.25, 0.3) is 0 Å². The summed E-state index contributed by atoms with van der Waals surface area (Å²) < 4.78 is 137. The molecule has 0 bridgehead atoms. The van der Waals surface area contributed by atoms with Crippen molar-refractivity contribution in [2.45, 2.75) is 0 Å². The molecule has 0 aliphatic rings. The Morgan fingerprint density at radius 1 is 0.440 bits per heavy atom. The fraction of sp³-hybridized carbons (Fsp3) is 0. The molecule has 25 heavy (non-hydrogen) atoms. The van der Waals surface area contributed by atoms with Crippen molar-refractivity contribution in [3.05, 3.63) is 58.2 Å². The Bertz CT molecular complexity index is 808. The predicted molar refractivity (Wildman–Crippen MR) is 64.2 cm³/mol. The molecule has 0 aliphatic heterocycles. The van der Waals surface area contributed by atoms with Gasteiger partial charge < -0.3 is 0 Å². The van der Waals surface area contributed by atoms with Crippen LogP contribution in [0.4, 0.5) is 43.9 Å². The first kappa shape index (κ1) is 19.6. The van der Waals surface area contributed by atoms with Crippen molar-refractivity contribution >= 4 is 17.6 Å². The first-order chi connectivity index (χ1) is 11.6. The van der Waals surface area contributed by atoms with Crippen molar-refractivity contribution in [2.75, 3.05) is 0 Å². The second kappa shape index (κ2) is 6.88. The summed E-state index contributed by atoms with van der Waals surface area (Å²) in [6.45, 7) is -3.55. The van der Waals surface area contributed by atoms with Crippen LogP contribution in [0, 0.1) is 62.3 Å². The second-order valence-corrected chi connectivity index (χ2v) is 5.92. The number of hydrogen-bond donors (Lipinski definition) is 0. The molecule has 0 aliphatic carbocycles. The molecular formula is C13H2BF10W-. The summed E-state index contributed by atoms with van der Waals surface area (Å²) in [5.41, 5.74) is -3.38. The zero-order valence-electron chi connectivity index (χ0n) is 11.4. The third kappa shape index (κ3) is 2.89. The van der Waals surface area contributed by atoms with E-state index >= 15 is 0 Å². The monoisotopic (exact) mass is 543 g/mol. The van der Waals surface area contributed by atoms with Gasteiger partial charge in [-0.2, -0.15) is 0 Å². The molecular weight excluding hydrogens is 541 g/mol. The molecule has 12 heteroatoms. The van der Waals surface area contributed by atoms with E-state index in [0.717, 1.165) is 0 Å². The van der Waals surface area contributed by atoms with Gasteiger partial charge in [-0.25, -0.2) is 0 Å². The van der Waals surface area contributed by atoms with E-state index in [-0.39, 0.29) is 19.2 Å². The Labute approximate surface area is 143 Å². The van der Waals surface area contributed by atoms with Gasteiger partial charge in [0, 0.05) is 0 Å². The molecule has 2 aromatic rings. The molecule has 0 saturated heterocycles. The third-order valence-corrected chi connectivity index (χ3v) is 4.60. The molecule has 134 valence electrons. The van der Waals surface area contributed by atoms with Crippen LogP contribution in [0.15, 0.2) is 0 Å². The SMILES string of the molecule is Fc1c(F)c(F)c([BH-]([C]#[WH])c2c(F)c(F)c(F)c(F)c2F)c(F)c1F. The molecule has 0 atom stereocenters. The molecule has 2 rings (SSSR count). The van der Waals surface area contributed by atoms with Gasteiger partial charge in [0.15, 0.2) is 0 Å². The number of rotatable bonds is 2. The Morgan fingerprint density at radius 2 is 0.640 bits per heavy atom. The van der Waals surface area contributed by atoms with Gasteiger partial charge >= 0.3 is 143 Å². The normalized spacial score (nSPS) is 11.2. The van der Waals surface area contributed by atoms with Crippen molar-refractivity contribution in [1.82, 2.24) is 0 Å². The molecule has 0 fully saturated rings. The topological polar surface area (TPSA) is 0 Å². The molecule has 0 aromatic heterocycles. The van der Waals surface area contributed by atoms with Gasteiger partial charge in [0.05, 0.1) is 0 Å². The van der Waals surface area contributed by atoms with E-state index < -0.39 is 75.8 Å². The average Bonchev–Trinajstić information content (AvgIpc) is 2.60. The fourth-order valence-corrected chi connectivity index (χ4v) is 3.39. The Kier molecular flexibility index (Phi) is 5.39. The van der Waals surface area contributed by atoms with Crippen LogP contribution in [-0.4, -0.2) is 6.71 Å². The summed E-state index contributed by atoms with van der Waals surface area (Å²) in [5.74, 6) is -24.4. The van der Waals surface area contributed by atoms with E-state index in [1.807, 2.05) is 4.10 Å². The van der Waals surface area contributed by atoms with Crippen molar-refractivity contribution in [1.29, 1.82) is 0 Å². The Morgan fingerprint density at radius 3 is 0.840 bits per heavy atom. The van der Waals surface area contributed by atoms with Gasteiger partial charge in [0.2, 0.25) is 0 Å². The van der Waals surface area contributed by atoms with Gasteiger partial charge in [-0.05, 0) is 0 Å². The van der Waals surface area contributed by atoms with Gasteiger partial charge in [-0.3, -0.25) is 0 Å². The summed E-state index contributed by atoms with van der Waals surface area (Å²) in [6.07, 6.45) is 0. The summed E-state index contributed by atoms with van der Waals surface area (Å²) in [7, 11) is 0. The van der Waals surface area contributed by atoms with Gasteiger partial charge in [-0.1, -0.05) is 0 Å². The van der Waals surface area contributed by atoms with Crippen LogP contribution in [-0.2, 0) is 19.2 Å². The fourth-order valence-electron chi connectivity index (χ4n) is 2.26.